The minimum absolute atomic E-state index is 0.304. The molecule has 0 aliphatic heterocycles. The van der Waals surface area contributed by atoms with E-state index in [1.165, 1.54) is 6.20 Å². The highest BCUT2D eigenvalue weighted by Gasteiger charge is 2.12. The fourth-order valence-electron chi connectivity index (χ4n) is 1.79. The van der Waals surface area contributed by atoms with E-state index in [4.69, 9.17) is 10.5 Å². The zero-order valence-electron chi connectivity index (χ0n) is 11.5. The van der Waals surface area contributed by atoms with E-state index >= 15 is 0 Å². The number of rotatable bonds is 4. The molecule has 0 amide bonds. The zero-order chi connectivity index (χ0) is 14.5. The van der Waals surface area contributed by atoms with Gasteiger partial charge in [0.2, 0.25) is 0 Å². The highest BCUT2D eigenvalue weighted by atomic mass is 16.5. The van der Waals surface area contributed by atoms with Gasteiger partial charge in [-0.15, -0.1) is 0 Å². The zero-order valence-corrected chi connectivity index (χ0v) is 11.5. The molecule has 0 aliphatic rings. The molecular formula is C15H17N3O2. The van der Waals surface area contributed by atoms with Crippen LogP contribution in [-0.4, -0.2) is 17.6 Å². The molecule has 0 atom stereocenters. The molecule has 1 heterocycles. The van der Waals surface area contributed by atoms with E-state index in [1.807, 2.05) is 31.2 Å². The van der Waals surface area contributed by atoms with Crippen molar-refractivity contribution < 1.29 is 9.53 Å². The average Bonchev–Trinajstić information content (AvgIpc) is 2.41. The van der Waals surface area contributed by atoms with Crippen molar-refractivity contribution in [2.24, 2.45) is 0 Å². The Hall–Kier alpha value is -2.56. The first kappa shape index (κ1) is 13.9. The molecule has 20 heavy (non-hydrogen) atoms. The average molecular weight is 271 g/mol. The fourth-order valence-corrected chi connectivity index (χ4v) is 1.79. The van der Waals surface area contributed by atoms with Gasteiger partial charge in [-0.2, -0.15) is 0 Å². The van der Waals surface area contributed by atoms with E-state index in [0.717, 1.165) is 11.3 Å². The third-order valence-corrected chi connectivity index (χ3v) is 2.72. The van der Waals surface area contributed by atoms with Gasteiger partial charge in [-0.3, -0.25) is 0 Å². The molecule has 0 spiro atoms. The van der Waals surface area contributed by atoms with E-state index in [2.05, 4.69) is 10.3 Å². The third kappa shape index (κ3) is 3.26. The monoisotopic (exact) mass is 271 g/mol. The summed E-state index contributed by atoms with van der Waals surface area (Å²) >= 11 is 0. The Bertz CT molecular complexity index is 626. The van der Waals surface area contributed by atoms with Gasteiger partial charge in [-0.25, -0.2) is 9.78 Å². The van der Waals surface area contributed by atoms with Crippen molar-refractivity contribution in [1.29, 1.82) is 0 Å². The second kappa shape index (κ2) is 6.06. The number of nitrogen functional groups attached to an aromatic ring is 1. The maximum absolute atomic E-state index is 11.8. The van der Waals surface area contributed by atoms with Gasteiger partial charge in [0.25, 0.3) is 0 Å². The van der Waals surface area contributed by atoms with Gasteiger partial charge < -0.3 is 15.8 Å². The summed E-state index contributed by atoms with van der Waals surface area (Å²) in [4.78, 5) is 15.9. The van der Waals surface area contributed by atoms with Crippen LogP contribution in [-0.2, 0) is 4.74 Å². The molecule has 0 aliphatic carbocycles. The molecule has 0 bridgehead atoms. The van der Waals surface area contributed by atoms with Gasteiger partial charge in [-0.1, -0.05) is 12.1 Å². The van der Waals surface area contributed by atoms with E-state index in [9.17, 15) is 4.79 Å². The van der Waals surface area contributed by atoms with Crippen LogP contribution in [0.2, 0.25) is 0 Å². The number of ether oxygens (including phenoxy) is 1. The van der Waals surface area contributed by atoms with E-state index < -0.39 is 5.97 Å². The molecule has 2 aromatic rings. The Morgan fingerprint density at radius 1 is 1.40 bits per heavy atom. The summed E-state index contributed by atoms with van der Waals surface area (Å²) in [6.45, 7) is 4.06. The number of nitrogens with zero attached hydrogens (tertiary/aromatic N) is 1. The molecule has 104 valence electrons. The van der Waals surface area contributed by atoms with Gasteiger partial charge in [-0.05, 0) is 37.6 Å². The Morgan fingerprint density at radius 3 is 2.90 bits per heavy atom. The summed E-state index contributed by atoms with van der Waals surface area (Å²) in [6.07, 6.45) is 1.45. The number of hydrogen-bond acceptors (Lipinski definition) is 5. The fraction of sp³-hybridized carbons (Fsp3) is 0.200. The Kier molecular flexibility index (Phi) is 4.20. The van der Waals surface area contributed by atoms with E-state index in [-0.39, 0.29) is 0 Å². The molecule has 0 fully saturated rings. The number of anilines is 3. The maximum Gasteiger partial charge on any atom is 0.340 e. The van der Waals surface area contributed by atoms with Gasteiger partial charge in [0.1, 0.15) is 5.82 Å². The van der Waals surface area contributed by atoms with Gasteiger partial charge >= 0.3 is 5.97 Å². The molecule has 1 aromatic carbocycles. The highest BCUT2D eigenvalue weighted by molar-refractivity contribution is 5.95. The number of carbonyl (C=O) groups excluding carboxylic acids is 1. The van der Waals surface area contributed by atoms with Crippen LogP contribution in [0.3, 0.4) is 0 Å². The van der Waals surface area contributed by atoms with Gasteiger partial charge in [0.15, 0.2) is 0 Å². The largest absolute Gasteiger partial charge is 0.462 e. The molecular weight excluding hydrogens is 254 g/mol. The first-order valence-corrected chi connectivity index (χ1v) is 6.36. The standard InChI is InChI=1S/C15H17N3O2/c1-3-20-15(19)12-8-14(17-9-13(12)16)18-11-6-4-5-10(2)7-11/h4-9H,3,16H2,1-2H3,(H,17,18). The van der Waals surface area contributed by atoms with Crippen LogP contribution < -0.4 is 11.1 Å². The van der Waals surface area contributed by atoms with Crippen LogP contribution in [0.4, 0.5) is 17.2 Å². The van der Waals surface area contributed by atoms with Crippen LogP contribution in [0.5, 0.6) is 0 Å². The molecule has 0 radical (unpaired) electrons. The summed E-state index contributed by atoms with van der Waals surface area (Å²) in [6, 6.07) is 9.46. The second-order valence-corrected chi connectivity index (χ2v) is 4.37. The lowest BCUT2D eigenvalue weighted by Crippen LogP contribution is -2.09. The van der Waals surface area contributed by atoms with Crippen LogP contribution >= 0.6 is 0 Å². The molecule has 1 aromatic heterocycles. The summed E-state index contributed by atoms with van der Waals surface area (Å²) < 4.78 is 4.96. The maximum atomic E-state index is 11.8. The number of nitrogens with two attached hydrogens (primary N) is 1. The smallest absolute Gasteiger partial charge is 0.340 e. The lowest BCUT2D eigenvalue weighted by molar-refractivity contribution is 0.0527. The minimum Gasteiger partial charge on any atom is -0.462 e. The third-order valence-electron chi connectivity index (χ3n) is 2.72. The van der Waals surface area contributed by atoms with Crippen LogP contribution in [0.1, 0.15) is 22.8 Å². The number of pyridine rings is 1. The molecule has 5 nitrogen and oxygen atoms in total. The molecule has 5 heteroatoms. The van der Waals surface area contributed by atoms with Gasteiger partial charge in [0.05, 0.1) is 24.1 Å². The SMILES string of the molecule is CCOC(=O)c1cc(Nc2cccc(C)c2)ncc1N. The summed E-state index contributed by atoms with van der Waals surface area (Å²) in [5.41, 5.74) is 8.40. The Labute approximate surface area is 117 Å². The number of aromatic nitrogens is 1. The van der Waals surface area contributed by atoms with Crippen LogP contribution in [0, 0.1) is 6.92 Å². The van der Waals surface area contributed by atoms with Crippen molar-refractivity contribution in [2.75, 3.05) is 17.7 Å². The molecule has 0 saturated heterocycles. The Morgan fingerprint density at radius 2 is 2.20 bits per heavy atom. The molecule has 0 unspecified atom stereocenters. The van der Waals surface area contributed by atoms with E-state index in [1.54, 1.807) is 13.0 Å². The number of carbonyl (C=O) groups is 1. The lowest BCUT2D eigenvalue weighted by Gasteiger charge is -2.09. The van der Waals surface area contributed by atoms with Crippen molar-refractivity contribution in [3.05, 3.63) is 47.7 Å². The number of esters is 1. The highest BCUT2D eigenvalue weighted by Crippen LogP contribution is 2.20. The van der Waals surface area contributed by atoms with Crippen molar-refractivity contribution in [2.45, 2.75) is 13.8 Å². The molecule has 3 N–H and O–H groups in total. The summed E-state index contributed by atoms with van der Waals surface area (Å²) in [7, 11) is 0. The molecule has 2 rings (SSSR count). The van der Waals surface area contributed by atoms with Crippen LogP contribution in [0.15, 0.2) is 36.5 Å². The predicted octanol–water partition coefficient (Wildman–Crippen LogP) is 2.89. The van der Waals surface area contributed by atoms with Crippen molar-refractivity contribution in [1.82, 2.24) is 4.98 Å². The van der Waals surface area contributed by atoms with Crippen molar-refractivity contribution >= 4 is 23.2 Å². The number of nitrogens with one attached hydrogen (secondary N) is 1. The second-order valence-electron chi connectivity index (χ2n) is 4.37. The van der Waals surface area contributed by atoms with Crippen molar-refractivity contribution in [3.63, 3.8) is 0 Å². The predicted molar refractivity (Wildman–Crippen MR) is 79.1 cm³/mol. The van der Waals surface area contributed by atoms with E-state index in [0.29, 0.717) is 23.7 Å². The Balaban J connectivity index is 2.25. The molecule has 0 saturated carbocycles. The first-order valence-electron chi connectivity index (χ1n) is 6.36. The first-order chi connectivity index (χ1) is 9.60. The summed E-state index contributed by atoms with van der Waals surface area (Å²) in [5, 5.41) is 3.13. The van der Waals surface area contributed by atoms with Gasteiger partial charge in [0, 0.05) is 5.69 Å². The summed E-state index contributed by atoms with van der Waals surface area (Å²) in [5.74, 6) is 0.104. The quantitative estimate of drug-likeness (QED) is 0.836. The lowest BCUT2D eigenvalue weighted by atomic mass is 10.2. The minimum atomic E-state index is -0.445. The number of aryl methyl sites for hydroxylation is 1. The number of benzene rings is 1. The van der Waals surface area contributed by atoms with Crippen LogP contribution in [0.25, 0.3) is 0 Å². The topological polar surface area (TPSA) is 77.2 Å². The normalized spacial score (nSPS) is 10.1. The number of hydrogen-bond donors (Lipinski definition) is 2. The van der Waals surface area contributed by atoms with Crippen molar-refractivity contribution in [3.8, 4) is 0 Å².